The molecule has 0 saturated heterocycles. The lowest BCUT2D eigenvalue weighted by atomic mass is 9.82. The van der Waals surface area contributed by atoms with Crippen LogP contribution in [0.5, 0.6) is 0 Å². The molecule has 1 aliphatic rings. The first-order valence-corrected chi connectivity index (χ1v) is 11.6. The molecule has 0 aliphatic heterocycles. The highest BCUT2D eigenvalue weighted by Gasteiger charge is 2.24. The van der Waals surface area contributed by atoms with Crippen LogP contribution in [-0.4, -0.2) is 34.1 Å². The van der Waals surface area contributed by atoms with E-state index in [1.165, 1.54) is 0 Å². The van der Waals surface area contributed by atoms with Crippen molar-refractivity contribution in [3.05, 3.63) is 65.3 Å². The van der Waals surface area contributed by atoms with E-state index in [2.05, 4.69) is 29.8 Å². The Morgan fingerprint density at radius 3 is 2.44 bits per heavy atom. The molecule has 4 rings (SSSR count). The molecule has 0 amide bonds. The van der Waals surface area contributed by atoms with Gasteiger partial charge in [-0.05, 0) is 62.1 Å². The van der Waals surface area contributed by atoms with Gasteiger partial charge in [0.1, 0.15) is 12.3 Å². The van der Waals surface area contributed by atoms with Gasteiger partial charge in [0.15, 0.2) is 0 Å². The second-order valence-electron chi connectivity index (χ2n) is 8.66. The van der Waals surface area contributed by atoms with Gasteiger partial charge in [-0.2, -0.15) is 5.10 Å². The number of halogens is 1. The van der Waals surface area contributed by atoms with Crippen LogP contribution >= 0.6 is 11.6 Å². The molecule has 2 aromatic carbocycles. The van der Waals surface area contributed by atoms with E-state index in [4.69, 9.17) is 26.5 Å². The Hall–Kier alpha value is -2.63. The normalized spacial score (nSPS) is 18.6. The zero-order valence-corrected chi connectivity index (χ0v) is 19.1. The zero-order chi connectivity index (χ0) is 22.5. The summed E-state index contributed by atoms with van der Waals surface area (Å²) in [7, 11) is 0. The minimum Gasteiger partial charge on any atom is -0.480 e. The molecule has 1 aromatic heterocycles. The molecule has 3 aromatic rings. The van der Waals surface area contributed by atoms with E-state index in [9.17, 15) is 4.79 Å². The second-order valence-corrected chi connectivity index (χ2v) is 9.10. The van der Waals surface area contributed by atoms with Crippen LogP contribution in [0.2, 0.25) is 5.02 Å². The highest BCUT2D eigenvalue weighted by atomic mass is 35.5. The first-order valence-electron chi connectivity index (χ1n) is 11.2. The Balaban J connectivity index is 1.52. The van der Waals surface area contributed by atoms with Gasteiger partial charge in [-0.3, -0.25) is 4.68 Å². The molecule has 0 atom stereocenters. The van der Waals surface area contributed by atoms with Crippen LogP contribution in [0, 0.1) is 18.8 Å². The Kier molecular flexibility index (Phi) is 7.28. The smallest absolute Gasteiger partial charge is 0.329 e. The van der Waals surface area contributed by atoms with Gasteiger partial charge in [-0.15, -0.1) is 0 Å². The molecular weight excluding hydrogens is 424 g/mol. The van der Waals surface area contributed by atoms with E-state index < -0.39 is 5.97 Å². The maximum absolute atomic E-state index is 10.6. The van der Waals surface area contributed by atoms with E-state index in [-0.39, 0.29) is 6.61 Å². The van der Waals surface area contributed by atoms with Crippen LogP contribution in [0.1, 0.15) is 31.4 Å². The summed E-state index contributed by atoms with van der Waals surface area (Å²) in [5, 5.41) is 14.5. The van der Waals surface area contributed by atoms with E-state index in [1.54, 1.807) is 0 Å². The Morgan fingerprint density at radius 1 is 1.06 bits per heavy atom. The van der Waals surface area contributed by atoms with Crippen LogP contribution in [-0.2, 0) is 16.1 Å². The summed E-state index contributed by atoms with van der Waals surface area (Å²) < 4.78 is 7.46. The van der Waals surface area contributed by atoms with Crippen LogP contribution in [0.3, 0.4) is 0 Å². The number of rotatable bonds is 8. The van der Waals surface area contributed by atoms with Gasteiger partial charge in [0, 0.05) is 28.4 Å². The van der Waals surface area contributed by atoms with Crippen molar-refractivity contribution >= 4 is 17.6 Å². The van der Waals surface area contributed by atoms with Crippen LogP contribution in [0.25, 0.3) is 22.4 Å². The quantitative estimate of drug-likeness (QED) is 0.449. The molecule has 6 heteroatoms. The number of carbonyl (C=O) groups is 1. The maximum Gasteiger partial charge on any atom is 0.329 e. The van der Waals surface area contributed by atoms with Crippen molar-refractivity contribution < 1.29 is 14.6 Å². The monoisotopic (exact) mass is 452 g/mol. The molecule has 32 heavy (non-hydrogen) atoms. The van der Waals surface area contributed by atoms with Gasteiger partial charge >= 0.3 is 5.97 Å². The Morgan fingerprint density at radius 2 is 1.75 bits per heavy atom. The molecular formula is C26H29ClN2O3. The van der Waals surface area contributed by atoms with Crippen molar-refractivity contribution in [2.75, 3.05) is 13.2 Å². The molecule has 0 radical (unpaired) electrons. The number of aliphatic carboxylic acids is 1. The van der Waals surface area contributed by atoms with Gasteiger partial charge in [0.05, 0.1) is 6.61 Å². The summed E-state index contributed by atoms with van der Waals surface area (Å²) in [6, 6.07) is 18.3. The zero-order valence-electron chi connectivity index (χ0n) is 18.3. The highest BCUT2D eigenvalue weighted by Crippen LogP contribution is 2.37. The number of aromatic nitrogens is 2. The number of carboxylic acids is 1. The molecule has 0 bridgehead atoms. The van der Waals surface area contributed by atoms with E-state index in [1.807, 2.05) is 36.4 Å². The third-order valence-corrected chi connectivity index (χ3v) is 6.58. The molecule has 1 N–H and O–H groups in total. The largest absolute Gasteiger partial charge is 0.480 e. The molecule has 1 aliphatic carbocycles. The standard InChI is InChI=1S/C26H29ClN2O3/c1-18-25(22-8-5-9-23(27)14-22)26(21-6-3-2-4-7-21)28-29(18)15-19-10-12-20(13-11-19)16-32-17-24(30)31/h2-9,14,19-20H,10-13,15-17H2,1H3,(H,30,31). The molecule has 1 saturated carbocycles. The van der Waals surface area contributed by atoms with Crippen molar-refractivity contribution in [1.82, 2.24) is 9.78 Å². The van der Waals surface area contributed by atoms with Gasteiger partial charge in [0.25, 0.3) is 0 Å². The van der Waals surface area contributed by atoms with Crippen molar-refractivity contribution in [3.63, 3.8) is 0 Å². The third-order valence-electron chi connectivity index (χ3n) is 6.34. The van der Waals surface area contributed by atoms with Crippen LogP contribution in [0.4, 0.5) is 0 Å². The predicted molar refractivity (Wildman–Crippen MR) is 127 cm³/mol. The van der Waals surface area contributed by atoms with E-state index in [0.717, 1.165) is 65.3 Å². The first-order chi connectivity index (χ1) is 15.5. The number of hydrogen-bond donors (Lipinski definition) is 1. The average Bonchev–Trinajstić information content (AvgIpc) is 3.11. The summed E-state index contributed by atoms with van der Waals surface area (Å²) in [6.45, 7) is 3.35. The van der Waals surface area contributed by atoms with Gasteiger partial charge in [0.2, 0.25) is 0 Å². The van der Waals surface area contributed by atoms with E-state index >= 15 is 0 Å². The summed E-state index contributed by atoms with van der Waals surface area (Å²) in [5.41, 5.74) is 5.46. The van der Waals surface area contributed by atoms with Gasteiger partial charge < -0.3 is 9.84 Å². The summed E-state index contributed by atoms with van der Waals surface area (Å²) in [5.74, 6) is 0.101. The SMILES string of the molecule is Cc1c(-c2cccc(Cl)c2)c(-c2ccccc2)nn1CC1CCC(COCC(=O)O)CC1. The molecule has 5 nitrogen and oxygen atoms in total. The fourth-order valence-corrected chi connectivity index (χ4v) is 4.84. The average molecular weight is 453 g/mol. The van der Waals surface area contributed by atoms with Crippen LogP contribution in [0.15, 0.2) is 54.6 Å². The van der Waals surface area contributed by atoms with Crippen molar-refractivity contribution in [1.29, 1.82) is 0 Å². The van der Waals surface area contributed by atoms with E-state index in [0.29, 0.717) is 18.4 Å². The predicted octanol–water partition coefficient (Wildman–Crippen LogP) is 6.09. The van der Waals surface area contributed by atoms with Crippen molar-refractivity contribution in [2.45, 2.75) is 39.2 Å². The topological polar surface area (TPSA) is 64.4 Å². The number of benzene rings is 2. The van der Waals surface area contributed by atoms with Gasteiger partial charge in [-0.1, -0.05) is 54.1 Å². The Bertz CT molecular complexity index is 1060. The molecule has 1 heterocycles. The number of hydrogen-bond acceptors (Lipinski definition) is 3. The lowest BCUT2D eigenvalue weighted by Gasteiger charge is -2.28. The molecule has 168 valence electrons. The minimum atomic E-state index is -0.905. The fourth-order valence-electron chi connectivity index (χ4n) is 4.65. The molecule has 0 unspecified atom stereocenters. The third kappa shape index (κ3) is 5.40. The lowest BCUT2D eigenvalue weighted by molar-refractivity contribution is -0.142. The summed E-state index contributed by atoms with van der Waals surface area (Å²) >= 11 is 6.30. The number of nitrogens with zero attached hydrogens (tertiary/aromatic N) is 2. The Labute approximate surface area is 194 Å². The van der Waals surface area contributed by atoms with Crippen molar-refractivity contribution in [3.8, 4) is 22.4 Å². The highest BCUT2D eigenvalue weighted by molar-refractivity contribution is 6.30. The summed E-state index contributed by atoms with van der Waals surface area (Å²) in [4.78, 5) is 10.6. The summed E-state index contributed by atoms with van der Waals surface area (Å²) in [6.07, 6.45) is 4.34. The number of ether oxygens (including phenoxy) is 1. The first kappa shape index (κ1) is 22.6. The second kappa shape index (κ2) is 10.3. The van der Waals surface area contributed by atoms with Crippen molar-refractivity contribution in [2.24, 2.45) is 11.8 Å². The lowest BCUT2D eigenvalue weighted by Crippen LogP contribution is -2.23. The minimum absolute atomic E-state index is 0.207. The van der Waals surface area contributed by atoms with Gasteiger partial charge in [-0.25, -0.2) is 4.79 Å². The molecule has 1 fully saturated rings. The molecule has 0 spiro atoms. The van der Waals surface area contributed by atoms with Crippen LogP contribution < -0.4 is 0 Å². The maximum atomic E-state index is 10.6. The fraction of sp³-hybridized carbons (Fsp3) is 0.385. The number of carboxylic acid groups (broad SMARTS) is 1.